The summed E-state index contributed by atoms with van der Waals surface area (Å²) in [6, 6.07) is 13.8. The second kappa shape index (κ2) is 33.9. The number of ether oxygens (including phenoxy) is 8. The van der Waals surface area contributed by atoms with Crippen molar-refractivity contribution in [1.82, 2.24) is 0 Å². The highest BCUT2D eigenvalue weighted by Crippen LogP contribution is 2.42. The largest absolute Gasteiger partial charge is 0.489 e. The predicted octanol–water partition coefficient (Wildman–Crippen LogP) is 12.1. The Kier molecular flexibility index (Phi) is 26.9. The molecule has 0 amide bonds. The molecule has 4 aromatic carbocycles. The van der Waals surface area contributed by atoms with Crippen molar-refractivity contribution in [2.75, 3.05) is 52.9 Å². The number of fused-ring (bicyclic) bond motifs is 8. The zero-order valence-electron chi connectivity index (χ0n) is 51.2. The van der Waals surface area contributed by atoms with Gasteiger partial charge in [0, 0.05) is 96.8 Å². The fraction of sp³-hybridized carbons (Fsp3) is 0.435. The highest BCUT2D eigenvalue weighted by atomic mass is 16.6. The van der Waals surface area contributed by atoms with Gasteiger partial charge in [-0.2, -0.15) is 0 Å². The highest BCUT2D eigenvalue weighted by molar-refractivity contribution is 5.99. The number of esters is 4. The molecular formula is C69H82O17. The van der Waals surface area contributed by atoms with Crippen molar-refractivity contribution < 1.29 is 81.0 Å². The summed E-state index contributed by atoms with van der Waals surface area (Å²) in [4.78, 5) is 120. The van der Waals surface area contributed by atoms with Crippen molar-refractivity contribution in [3.63, 3.8) is 0 Å². The van der Waals surface area contributed by atoms with E-state index in [4.69, 9.17) is 37.9 Å². The minimum atomic E-state index is -0.733. The van der Waals surface area contributed by atoms with Crippen LogP contribution in [0.15, 0.2) is 85.0 Å². The van der Waals surface area contributed by atoms with Gasteiger partial charge in [-0.15, -0.1) is 0 Å². The first-order valence-electron chi connectivity index (χ1n) is 29.5. The number of carbonyl (C=O) groups is 9. The molecule has 0 unspecified atom stereocenters. The number of hydrogen-bond donors (Lipinski definition) is 0. The molecule has 0 radical (unpaired) electrons. The van der Waals surface area contributed by atoms with E-state index < -0.39 is 30.3 Å². The van der Waals surface area contributed by atoms with Gasteiger partial charge in [0.2, 0.25) is 0 Å². The van der Waals surface area contributed by atoms with E-state index in [1.807, 2.05) is 27.7 Å². The van der Waals surface area contributed by atoms with Gasteiger partial charge in [-0.25, -0.2) is 14.4 Å². The fourth-order valence-electron chi connectivity index (χ4n) is 9.60. The third-order valence-corrected chi connectivity index (χ3v) is 13.8. The summed E-state index contributed by atoms with van der Waals surface area (Å²) in [5, 5.41) is 0. The summed E-state index contributed by atoms with van der Waals surface area (Å²) < 4.78 is 48.9. The molecule has 8 bridgehead atoms. The van der Waals surface area contributed by atoms with Crippen LogP contribution in [-0.4, -0.2) is 106 Å². The van der Waals surface area contributed by atoms with Gasteiger partial charge in [0.05, 0.1) is 0 Å². The molecule has 0 fully saturated rings. The summed E-state index contributed by atoms with van der Waals surface area (Å²) in [6.45, 7) is 23.3. The van der Waals surface area contributed by atoms with Crippen LogP contribution in [0.5, 0.6) is 23.0 Å². The Hall–Kier alpha value is -8.47. The Bertz CT molecular complexity index is 3080. The van der Waals surface area contributed by atoms with Crippen LogP contribution in [0.3, 0.4) is 0 Å². The van der Waals surface area contributed by atoms with Crippen LogP contribution in [0.25, 0.3) is 0 Å². The fourth-order valence-corrected chi connectivity index (χ4v) is 9.60. The van der Waals surface area contributed by atoms with Crippen molar-refractivity contribution in [1.29, 1.82) is 0 Å². The molecule has 0 aliphatic heterocycles. The maximum absolute atomic E-state index is 14.4. The summed E-state index contributed by atoms with van der Waals surface area (Å²) in [7, 11) is 0. The normalized spacial score (nSPS) is 11.5. The van der Waals surface area contributed by atoms with E-state index >= 15 is 0 Å². The molecule has 17 heteroatoms. The van der Waals surface area contributed by atoms with Crippen LogP contribution >= 0.6 is 0 Å². The van der Waals surface area contributed by atoms with Crippen molar-refractivity contribution in [2.45, 2.75) is 145 Å². The number of benzene rings is 4. The third kappa shape index (κ3) is 19.8. The molecule has 86 heavy (non-hydrogen) atoms. The SMILES string of the molecule is C=C(C)C(=O)OCCOc1c2cc(C(=O)CCC)cc1Cc1cc(C(=O)CCC)cc(c1OCCOC(=O)C(=C)C)Cc1cc(C(=O)CCC)cc(c1OCCOC(=O)C(=C)C)Cc1cc(C(=O)CCC)cc(c1OCCOC(=O)CC(=O)CC)C2. The zero-order chi connectivity index (χ0) is 63.0. The molecule has 0 saturated heterocycles. The molecule has 1 aliphatic rings. The maximum atomic E-state index is 14.4. The second-order valence-electron chi connectivity index (χ2n) is 21.3. The number of carbonyl (C=O) groups excluding carboxylic acids is 9. The van der Waals surface area contributed by atoms with Gasteiger partial charge in [-0.1, -0.05) is 54.4 Å². The van der Waals surface area contributed by atoms with Crippen LogP contribution in [0, 0.1) is 0 Å². The Balaban J connectivity index is 1.99. The zero-order valence-corrected chi connectivity index (χ0v) is 51.2. The van der Waals surface area contributed by atoms with E-state index in [0.717, 1.165) is 0 Å². The molecule has 0 saturated carbocycles. The van der Waals surface area contributed by atoms with Gasteiger partial charge >= 0.3 is 23.9 Å². The topological polar surface area (TPSA) is 227 Å². The van der Waals surface area contributed by atoms with Crippen molar-refractivity contribution >= 4 is 52.8 Å². The van der Waals surface area contributed by atoms with E-state index in [0.29, 0.717) is 92.4 Å². The quantitative estimate of drug-likeness (QED) is 0.00931. The average Bonchev–Trinajstić information content (AvgIpc) is 1.03. The van der Waals surface area contributed by atoms with Gasteiger partial charge in [0.25, 0.3) is 0 Å². The Morgan fingerprint density at radius 2 is 0.570 bits per heavy atom. The van der Waals surface area contributed by atoms with E-state index in [1.54, 1.807) is 55.5 Å². The Morgan fingerprint density at radius 1 is 0.349 bits per heavy atom. The molecule has 4 aromatic rings. The monoisotopic (exact) mass is 1180 g/mol. The predicted molar refractivity (Wildman–Crippen MR) is 324 cm³/mol. The maximum Gasteiger partial charge on any atom is 0.333 e. The van der Waals surface area contributed by atoms with Crippen LogP contribution in [0.4, 0.5) is 0 Å². The third-order valence-electron chi connectivity index (χ3n) is 13.8. The molecular weight excluding hydrogens is 1100 g/mol. The summed E-state index contributed by atoms with van der Waals surface area (Å²) in [6.07, 6.45) is 2.33. The van der Waals surface area contributed by atoms with E-state index in [2.05, 4.69) is 19.7 Å². The molecule has 5 rings (SSSR count). The van der Waals surface area contributed by atoms with Crippen LogP contribution in [-0.2, 0) is 68.6 Å². The van der Waals surface area contributed by atoms with E-state index in [9.17, 15) is 43.2 Å². The Morgan fingerprint density at radius 3 is 0.767 bits per heavy atom. The Labute approximate surface area is 504 Å². The lowest BCUT2D eigenvalue weighted by Gasteiger charge is -2.25. The smallest absolute Gasteiger partial charge is 0.333 e. The molecule has 0 aromatic heterocycles. The molecule has 460 valence electrons. The average molecular weight is 1180 g/mol. The lowest BCUT2D eigenvalue weighted by atomic mass is 9.86. The first-order chi connectivity index (χ1) is 41.1. The minimum Gasteiger partial charge on any atom is -0.489 e. The van der Waals surface area contributed by atoms with Crippen molar-refractivity contribution in [3.05, 3.63) is 152 Å². The molecule has 0 atom stereocenters. The number of hydrogen-bond acceptors (Lipinski definition) is 17. The molecule has 0 heterocycles. The standard InChI is InChI=1S/C69H82O17/c1-12-17-58(71)45-29-49-37-51-31-46(59(72)18-13-2)33-53(64(51)81-23-26-84-67(76)42(6)7)39-55-35-48(61(74)20-15-4)36-56(66(55)83-25-28-86-69(78)44(10)11)40-54-34-47(60(73)19-14-3)32-52(65(54)82-24-27-85-68(77)43(8)9)38-50(30-45)63(49)80-22-21-79-62(75)41-57(70)16-5/h29-36H,6,8,10,12-28,37-41H2,1-5,7,9,11H3. The summed E-state index contributed by atoms with van der Waals surface area (Å²) in [5.74, 6) is -2.55. The lowest BCUT2D eigenvalue weighted by molar-refractivity contribution is -0.147. The van der Waals surface area contributed by atoms with Crippen LogP contribution < -0.4 is 18.9 Å². The molecule has 0 spiro atoms. The molecule has 1 aliphatic carbocycles. The summed E-state index contributed by atoms with van der Waals surface area (Å²) >= 11 is 0. The minimum absolute atomic E-state index is 0.0461. The van der Waals surface area contributed by atoms with Crippen molar-refractivity contribution in [2.24, 2.45) is 0 Å². The van der Waals surface area contributed by atoms with Gasteiger partial charge in [0.15, 0.2) is 23.1 Å². The number of Topliss-reactive ketones (excluding diaryl/α,β-unsaturated/α-hetero) is 5. The van der Waals surface area contributed by atoms with Crippen LogP contribution in [0.1, 0.15) is 206 Å². The molecule has 17 nitrogen and oxygen atoms in total. The van der Waals surface area contributed by atoms with Gasteiger partial charge < -0.3 is 37.9 Å². The lowest BCUT2D eigenvalue weighted by Crippen LogP contribution is -2.18. The second-order valence-corrected chi connectivity index (χ2v) is 21.3. The van der Waals surface area contributed by atoms with Crippen molar-refractivity contribution in [3.8, 4) is 23.0 Å². The van der Waals surface area contributed by atoms with Gasteiger partial charge in [-0.3, -0.25) is 28.8 Å². The highest BCUT2D eigenvalue weighted by Gasteiger charge is 2.28. The van der Waals surface area contributed by atoms with E-state index in [1.165, 1.54) is 20.8 Å². The van der Waals surface area contributed by atoms with Gasteiger partial charge in [0.1, 0.15) is 88.1 Å². The van der Waals surface area contributed by atoms with E-state index in [-0.39, 0.29) is 179 Å². The summed E-state index contributed by atoms with van der Waals surface area (Å²) in [5.41, 5.74) is 5.50. The first-order valence-corrected chi connectivity index (χ1v) is 29.5. The number of rotatable bonds is 34. The molecule has 0 N–H and O–H groups in total. The number of ketones is 5. The van der Waals surface area contributed by atoms with Gasteiger partial charge in [-0.05, 0) is 139 Å². The van der Waals surface area contributed by atoms with Crippen LogP contribution in [0.2, 0.25) is 0 Å². The first kappa shape index (κ1) is 68.3.